The smallest absolute Gasteiger partial charge is 0.305 e. The van der Waals surface area contributed by atoms with Gasteiger partial charge in [0.1, 0.15) is 5.69 Å². The zero-order valence-corrected chi connectivity index (χ0v) is 12.2. The van der Waals surface area contributed by atoms with Crippen molar-refractivity contribution in [3.63, 3.8) is 0 Å². The molecule has 0 amide bonds. The van der Waals surface area contributed by atoms with E-state index in [4.69, 9.17) is 0 Å². The van der Waals surface area contributed by atoms with Gasteiger partial charge in [-0.05, 0) is 25.0 Å². The summed E-state index contributed by atoms with van der Waals surface area (Å²) in [6, 6.07) is 3.85. The fraction of sp³-hybridized carbons (Fsp3) is 0.467. The van der Waals surface area contributed by atoms with E-state index in [2.05, 4.69) is 20.0 Å². The molecule has 6 nitrogen and oxygen atoms in total. The molecule has 2 aromatic rings. The second kappa shape index (κ2) is 8.14. The van der Waals surface area contributed by atoms with Crippen LogP contribution in [0.15, 0.2) is 30.7 Å². The van der Waals surface area contributed by atoms with Crippen LogP contribution in [0.25, 0.3) is 11.3 Å². The zero-order valence-electron chi connectivity index (χ0n) is 12.2. The zero-order chi connectivity index (χ0) is 14.9. The summed E-state index contributed by atoms with van der Waals surface area (Å²) in [5, 5.41) is 8.26. The van der Waals surface area contributed by atoms with Crippen LogP contribution in [0, 0.1) is 0 Å². The molecule has 2 aromatic heterocycles. The average Bonchev–Trinajstić information content (AvgIpc) is 3.00. The van der Waals surface area contributed by atoms with Crippen LogP contribution in [0.2, 0.25) is 0 Å². The van der Waals surface area contributed by atoms with E-state index in [-0.39, 0.29) is 5.97 Å². The maximum Gasteiger partial charge on any atom is 0.305 e. The molecule has 0 spiro atoms. The molecule has 0 bridgehead atoms. The lowest BCUT2D eigenvalue weighted by atomic mass is 10.1. The summed E-state index contributed by atoms with van der Waals surface area (Å²) in [7, 11) is 1.42. The highest BCUT2D eigenvalue weighted by Gasteiger charge is 2.03. The molecule has 21 heavy (non-hydrogen) atoms. The molecule has 0 atom stereocenters. The number of rotatable bonds is 8. The Morgan fingerprint density at radius 1 is 1.29 bits per heavy atom. The maximum absolute atomic E-state index is 11.0. The van der Waals surface area contributed by atoms with Crippen LogP contribution >= 0.6 is 0 Å². The molecule has 0 saturated heterocycles. The number of carbonyl (C=O) groups excluding carboxylic acids is 1. The molecule has 0 fully saturated rings. The molecule has 2 rings (SSSR count). The van der Waals surface area contributed by atoms with Crippen molar-refractivity contribution in [2.24, 2.45) is 0 Å². The highest BCUT2D eigenvalue weighted by Crippen LogP contribution is 2.14. The molecule has 0 aliphatic heterocycles. The van der Waals surface area contributed by atoms with Crippen molar-refractivity contribution < 1.29 is 9.53 Å². The lowest BCUT2D eigenvalue weighted by Gasteiger charge is -2.01. The minimum absolute atomic E-state index is 0.132. The number of nitrogens with zero attached hydrogens (tertiary/aromatic N) is 4. The Morgan fingerprint density at radius 3 is 2.90 bits per heavy atom. The van der Waals surface area contributed by atoms with E-state index in [9.17, 15) is 4.79 Å². The maximum atomic E-state index is 11.0. The van der Waals surface area contributed by atoms with Crippen LogP contribution in [0.3, 0.4) is 0 Å². The van der Waals surface area contributed by atoms with Crippen LogP contribution in [-0.4, -0.2) is 33.1 Å². The topological polar surface area (TPSA) is 69.9 Å². The fourth-order valence-electron chi connectivity index (χ4n) is 2.05. The van der Waals surface area contributed by atoms with Crippen molar-refractivity contribution in [2.45, 2.75) is 38.6 Å². The number of hydrogen-bond donors (Lipinski definition) is 0. The lowest BCUT2D eigenvalue weighted by molar-refractivity contribution is -0.140. The number of carbonyl (C=O) groups is 1. The first-order valence-corrected chi connectivity index (χ1v) is 7.17. The summed E-state index contributed by atoms with van der Waals surface area (Å²) in [6.07, 6.45) is 9.96. The number of esters is 1. The highest BCUT2D eigenvalue weighted by molar-refractivity contribution is 5.68. The van der Waals surface area contributed by atoms with Crippen molar-refractivity contribution in [1.82, 2.24) is 20.0 Å². The second-order valence-corrected chi connectivity index (χ2v) is 4.85. The Bertz CT molecular complexity index is 554. The number of ether oxygens (including phenoxy) is 1. The van der Waals surface area contributed by atoms with Gasteiger partial charge >= 0.3 is 5.97 Å². The van der Waals surface area contributed by atoms with Gasteiger partial charge in [-0.1, -0.05) is 18.1 Å². The van der Waals surface area contributed by atoms with Crippen LogP contribution in [0.5, 0.6) is 0 Å². The minimum atomic E-state index is -0.132. The molecule has 0 N–H and O–H groups in total. The van der Waals surface area contributed by atoms with E-state index in [1.807, 2.05) is 23.0 Å². The normalized spacial score (nSPS) is 10.5. The van der Waals surface area contributed by atoms with Crippen molar-refractivity contribution >= 4 is 5.97 Å². The first kappa shape index (κ1) is 15.2. The Hall–Kier alpha value is -2.24. The molecule has 0 radical (unpaired) electrons. The van der Waals surface area contributed by atoms with Gasteiger partial charge in [0.2, 0.25) is 0 Å². The fourth-order valence-corrected chi connectivity index (χ4v) is 2.05. The summed E-state index contributed by atoms with van der Waals surface area (Å²) >= 11 is 0. The SMILES string of the molecule is COC(=O)CCCCCCn1cc(-c2cccnc2)nn1. The number of pyridine rings is 1. The van der Waals surface area contributed by atoms with E-state index in [0.717, 1.165) is 43.5 Å². The van der Waals surface area contributed by atoms with Crippen molar-refractivity contribution in [1.29, 1.82) is 0 Å². The second-order valence-electron chi connectivity index (χ2n) is 4.85. The van der Waals surface area contributed by atoms with Gasteiger partial charge in [0.25, 0.3) is 0 Å². The van der Waals surface area contributed by atoms with E-state index < -0.39 is 0 Å². The third kappa shape index (κ3) is 4.98. The average molecular weight is 288 g/mol. The van der Waals surface area contributed by atoms with Gasteiger partial charge in [0.15, 0.2) is 0 Å². The lowest BCUT2D eigenvalue weighted by Crippen LogP contribution is -2.00. The van der Waals surface area contributed by atoms with Gasteiger partial charge in [0, 0.05) is 30.9 Å². The quantitative estimate of drug-likeness (QED) is 0.551. The third-order valence-corrected chi connectivity index (χ3v) is 3.24. The molecule has 0 unspecified atom stereocenters. The van der Waals surface area contributed by atoms with E-state index in [1.54, 1.807) is 12.4 Å². The Balaban J connectivity index is 1.68. The Labute approximate surface area is 124 Å². The molecule has 6 heteroatoms. The summed E-state index contributed by atoms with van der Waals surface area (Å²) in [5.74, 6) is -0.132. The van der Waals surface area contributed by atoms with Crippen LogP contribution in [0.4, 0.5) is 0 Å². The molecule has 0 aliphatic carbocycles. The van der Waals surface area contributed by atoms with Gasteiger partial charge < -0.3 is 4.74 Å². The van der Waals surface area contributed by atoms with Gasteiger partial charge in [-0.2, -0.15) is 0 Å². The summed E-state index contributed by atoms with van der Waals surface area (Å²) in [6.45, 7) is 0.839. The van der Waals surface area contributed by atoms with Gasteiger partial charge in [0.05, 0.1) is 13.3 Å². The van der Waals surface area contributed by atoms with Crippen LogP contribution in [0.1, 0.15) is 32.1 Å². The van der Waals surface area contributed by atoms with Gasteiger partial charge in [-0.3, -0.25) is 14.5 Å². The third-order valence-electron chi connectivity index (χ3n) is 3.24. The number of aryl methyl sites for hydroxylation is 1. The highest BCUT2D eigenvalue weighted by atomic mass is 16.5. The van der Waals surface area contributed by atoms with Crippen molar-refractivity contribution in [3.05, 3.63) is 30.7 Å². The predicted molar refractivity (Wildman–Crippen MR) is 78.4 cm³/mol. The number of hydrogen-bond acceptors (Lipinski definition) is 5. The molecule has 2 heterocycles. The number of methoxy groups -OCH3 is 1. The Morgan fingerprint density at radius 2 is 2.14 bits per heavy atom. The molecule has 0 aromatic carbocycles. The standard InChI is InChI=1S/C15H20N4O2/c1-21-15(20)8-4-2-3-5-10-19-12-14(17-18-19)13-7-6-9-16-11-13/h6-7,9,11-12H,2-5,8,10H2,1H3. The van der Waals surface area contributed by atoms with Gasteiger partial charge in [-0.15, -0.1) is 5.10 Å². The molecular weight excluding hydrogens is 268 g/mol. The Kier molecular flexibility index (Phi) is 5.87. The first-order valence-electron chi connectivity index (χ1n) is 7.17. The monoisotopic (exact) mass is 288 g/mol. The van der Waals surface area contributed by atoms with Crippen molar-refractivity contribution in [2.75, 3.05) is 7.11 Å². The summed E-state index contributed by atoms with van der Waals surface area (Å²) in [5.41, 5.74) is 1.82. The summed E-state index contributed by atoms with van der Waals surface area (Å²) in [4.78, 5) is 15.0. The van der Waals surface area contributed by atoms with Gasteiger partial charge in [-0.25, -0.2) is 0 Å². The van der Waals surface area contributed by atoms with Crippen LogP contribution < -0.4 is 0 Å². The largest absolute Gasteiger partial charge is 0.469 e. The summed E-state index contributed by atoms with van der Waals surface area (Å²) < 4.78 is 6.45. The number of unbranched alkanes of at least 4 members (excludes halogenated alkanes) is 3. The van der Waals surface area contributed by atoms with E-state index in [1.165, 1.54) is 7.11 Å². The molecule has 0 aliphatic rings. The predicted octanol–water partition coefficient (Wildman–Crippen LogP) is 2.46. The minimum Gasteiger partial charge on any atom is -0.469 e. The number of aromatic nitrogens is 4. The molecule has 112 valence electrons. The molecular formula is C15H20N4O2. The first-order chi connectivity index (χ1) is 10.3. The molecule has 0 saturated carbocycles. The van der Waals surface area contributed by atoms with E-state index in [0.29, 0.717) is 6.42 Å². The van der Waals surface area contributed by atoms with E-state index >= 15 is 0 Å². The van der Waals surface area contributed by atoms with Crippen LogP contribution in [-0.2, 0) is 16.1 Å². The van der Waals surface area contributed by atoms with Crippen molar-refractivity contribution in [3.8, 4) is 11.3 Å².